The molecule has 0 unspecified atom stereocenters. The predicted octanol–water partition coefficient (Wildman–Crippen LogP) is 2.37. The van der Waals surface area contributed by atoms with E-state index in [1.165, 1.54) is 0 Å². The maximum absolute atomic E-state index is 11.2. The van der Waals surface area contributed by atoms with Crippen molar-refractivity contribution in [2.45, 2.75) is 6.42 Å². The Kier molecular flexibility index (Phi) is 2.15. The summed E-state index contributed by atoms with van der Waals surface area (Å²) in [5, 5.41) is 0. The van der Waals surface area contributed by atoms with Crippen molar-refractivity contribution in [1.82, 2.24) is 0 Å². The van der Waals surface area contributed by atoms with Gasteiger partial charge in [-0.15, -0.1) is 11.6 Å². The number of aliphatic imine (C=N–C) groups is 1. The monoisotopic (exact) mass is 193 g/mol. The molecule has 1 aliphatic rings. The topological polar surface area (TPSA) is 29.4 Å². The number of Topliss-reactive ketones (excluding diaryl/α,β-unsaturated/α-hetero) is 1. The Hall–Kier alpha value is -1.15. The van der Waals surface area contributed by atoms with Crippen molar-refractivity contribution in [2.75, 3.05) is 5.88 Å². The normalized spacial score (nSPS) is 13.0. The molecule has 66 valence electrons. The summed E-state index contributed by atoms with van der Waals surface area (Å²) in [6, 6.07) is 5.50. The van der Waals surface area contributed by atoms with Gasteiger partial charge in [-0.25, -0.2) is 0 Å². The minimum absolute atomic E-state index is 0.0311. The van der Waals surface area contributed by atoms with Crippen LogP contribution in [0, 0.1) is 0 Å². The molecule has 13 heavy (non-hydrogen) atoms. The first-order valence-corrected chi connectivity index (χ1v) is 4.59. The first-order chi connectivity index (χ1) is 6.31. The molecule has 0 N–H and O–H groups in total. The van der Waals surface area contributed by atoms with Crippen LogP contribution in [0.1, 0.15) is 15.9 Å². The summed E-state index contributed by atoms with van der Waals surface area (Å²) < 4.78 is 0. The van der Waals surface area contributed by atoms with Crippen LogP contribution in [0.15, 0.2) is 23.2 Å². The van der Waals surface area contributed by atoms with Crippen LogP contribution in [0.2, 0.25) is 0 Å². The molecule has 1 aromatic rings. The molecule has 0 amide bonds. The Morgan fingerprint density at radius 3 is 3.15 bits per heavy atom. The molecule has 0 aliphatic carbocycles. The lowest BCUT2D eigenvalue weighted by Crippen LogP contribution is -2.00. The quantitative estimate of drug-likeness (QED) is 0.524. The highest BCUT2D eigenvalue weighted by atomic mass is 35.5. The smallest absolute Gasteiger partial charge is 0.177 e. The second-order valence-electron chi connectivity index (χ2n) is 2.92. The van der Waals surface area contributed by atoms with Gasteiger partial charge in [-0.05, 0) is 23.8 Å². The molecule has 3 heteroatoms. The van der Waals surface area contributed by atoms with E-state index in [9.17, 15) is 4.79 Å². The van der Waals surface area contributed by atoms with E-state index in [1.807, 2.05) is 18.3 Å². The summed E-state index contributed by atoms with van der Waals surface area (Å²) >= 11 is 5.46. The highest BCUT2D eigenvalue weighted by Crippen LogP contribution is 2.24. The number of fused-ring (bicyclic) bond motifs is 1. The summed E-state index contributed by atoms with van der Waals surface area (Å²) in [5.74, 6) is 0.0102. The Balaban J connectivity index is 2.38. The summed E-state index contributed by atoms with van der Waals surface area (Å²) in [5.41, 5.74) is 2.75. The summed E-state index contributed by atoms with van der Waals surface area (Å²) in [4.78, 5) is 15.4. The first kappa shape index (κ1) is 8.45. The lowest BCUT2D eigenvalue weighted by molar-refractivity contribution is 0.102. The van der Waals surface area contributed by atoms with Crippen molar-refractivity contribution in [3.63, 3.8) is 0 Å². The van der Waals surface area contributed by atoms with E-state index in [0.29, 0.717) is 5.56 Å². The Labute approximate surface area is 81.2 Å². The van der Waals surface area contributed by atoms with Crippen LogP contribution in [-0.4, -0.2) is 17.9 Å². The van der Waals surface area contributed by atoms with E-state index in [1.54, 1.807) is 6.07 Å². The zero-order valence-corrected chi connectivity index (χ0v) is 7.71. The van der Waals surface area contributed by atoms with Crippen molar-refractivity contribution < 1.29 is 4.79 Å². The van der Waals surface area contributed by atoms with Gasteiger partial charge in [0, 0.05) is 18.2 Å². The number of carbonyl (C=O) groups excluding carboxylic acids is 1. The lowest BCUT2D eigenvalue weighted by Gasteiger charge is -2.00. The number of nitrogens with zero attached hydrogens (tertiary/aromatic N) is 1. The molecule has 1 heterocycles. The Morgan fingerprint density at radius 1 is 1.54 bits per heavy atom. The van der Waals surface area contributed by atoms with Crippen molar-refractivity contribution in [1.29, 1.82) is 0 Å². The molecular weight excluding hydrogens is 186 g/mol. The Morgan fingerprint density at radius 2 is 2.38 bits per heavy atom. The number of rotatable bonds is 2. The van der Waals surface area contributed by atoms with Gasteiger partial charge in [-0.2, -0.15) is 0 Å². The molecule has 0 bridgehead atoms. The van der Waals surface area contributed by atoms with Gasteiger partial charge in [0.1, 0.15) is 0 Å². The van der Waals surface area contributed by atoms with E-state index in [4.69, 9.17) is 11.6 Å². The molecule has 1 aromatic carbocycles. The van der Waals surface area contributed by atoms with Gasteiger partial charge >= 0.3 is 0 Å². The van der Waals surface area contributed by atoms with Gasteiger partial charge in [-0.1, -0.05) is 0 Å². The molecule has 0 radical (unpaired) electrons. The van der Waals surface area contributed by atoms with E-state index in [-0.39, 0.29) is 11.7 Å². The van der Waals surface area contributed by atoms with Crippen LogP contribution in [0.4, 0.5) is 5.69 Å². The third kappa shape index (κ3) is 1.49. The molecule has 1 aliphatic heterocycles. The highest BCUT2D eigenvalue weighted by Gasteiger charge is 2.10. The summed E-state index contributed by atoms with van der Waals surface area (Å²) in [7, 11) is 0. The van der Waals surface area contributed by atoms with Gasteiger partial charge in [-0.3, -0.25) is 9.79 Å². The van der Waals surface area contributed by atoms with Crippen molar-refractivity contribution >= 4 is 29.3 Å². The number of ketones is 1. The van der Waals surface area contributed by atoms with E-state index < -0.39 is 0 Å². The van der Waals surface area contributed by atoms with Crippen LogP contribution in [0.5, 0.6) is 0 Å². The summed E-state index contributed by atoms with van der Waals surface area (Å²) in [6.07, 6.45) is 2.67. The van der Waals surface area contributed by atoms with Gasteiger partial charge in [0.05, 0.1) is 11.6 Å². The van der Waals surface area contributed by atoms with Gasteiger partial charge in [0.25, 0.3) is 0 Å². The third-order valence-corrected chi connectivity index (χ3v) is 2.31. The molecule has 0 aromatic heterocycles. The van der Waals surface area contributed by atoms with Crippen molar-refractivity contribution in [3.8, 4) is 0 Å². The summed E-state index contributed by atoms with van der Waals surface area (Å²) in [6.45, 7) is 0. The maximum Gasteiger partial charge on any atom is 0.177 e. The van der Waals surface area contributed by atoms with E-state index >= 15 is 0 Å². The fourth-order valence-corrected chi connectivity index (χ4v) is 1.52. The number of benzene rings is 1. The highest BCUT2D eigenvalue weighted by molar-refractivity contribution is 6.30. The largest absolute Gasteiger partial charge is 0.293 e. The Bertz CT molecular complexity index is 385. The molecule has 0 saturated carbocycles. The molecule has 2 nitrogen and oxygen atoms in total. The zero-order valence-electron chi connectivity index (χ0n) is 6.96. The minimum Gasteiger partial charge on any atom is -0.293 e. The molecule has 0 saturated heterocycles. The maximum atomic E-state index is 11.2. The van der Waals surface area contributed by atoms with Crippen LogP contribution < -0.4 is 0 Å². The molecule has 0 atom stereocenters. The molecule has 0 spiro atoms. The van der Waals surface area contributed by atoms with E-state index in [0.717, 1.165) is 17.7 Å². The van der Waals surface area contributed by atoms with Gasteiger partial charge in [0.15, 0.2) is 5.78 Å². The average molecular weight is 194 g/mol. The average Bonchev–Trinajstić information content (AvgIpc) is 2.63. The van der Waals surface area contributed by atoms with Crippen molar-refractivity contribution in [2.24, 2.45) is 4.99 Å². The van der Waals surface area contributed by atoms with Crippen LogP contribution in [0.3, 0.4) is 0 Å². The standard InChI is InChI=1S/C10H8ClNO/c11-6-10(13)8-1-2-9-7(5-8)3-4-12-9/h1-2,4-5H,3,6H2. The molecule has 0 fully saturated rings. The first-order valence-electron chi connectivity index (χ1n) is 4.06. The van der Waals surface area contributed by atoms with E-state index in [2.05, 4.69) is 4.99 Å². The van der Waals surface area contributed by atoms with Crippen molar-refractivity contribution in [3.05, 3.63) is 29.3 Å². The van der Waals surface area contributed by atoms with Crippen LogP contribution >= 0.6 is 11.6 Å². The zero-order chi connectivity index (χ0) is 9.26. The number of carbonyl (C=O) groups is 1. The second kappa shape index (κ2) is 3.30. The fourth-order valence-electron chi connectivity index (χ4n) is 1.37. The number of hydrogen-bond donors (Lipinski definition) is 0. The number of halogens is 1. The van der Waals surface area contributed by atoms with Crippen LogP contribution in [-0.2, 0) is 6.42 Å². The molecular formula is C10H8ClNO. The second-order valence-corrected chi connectivity index (χ2v) is 3.18. The number of hydrogen-bond acceptors (Lipinski definition) is 2. The number of alkyl halides is 1. The van der Waals surface area contributed by atoms with Gasteiger partial charge in [0.2, 0.25) is 0 Å². The fraction of sp³-hybridized carbons (Fsp3) is 0.200. The third-order valence-electron chi connectivity index (χ3n) is 2.06. The van der Waals surface area contributed by atoms with Crippen LogP contribution in [0.25, 0.3) is 0 Å². The molecule has 2 rings (SSSR count). The van der Waals surface area contributed by atoms with Gasteiger partial charge < -0.3 is 0 Å². The SMILES string of the molecule is O=C(CCl)c1ccc2c(c1)CC=N2. The minimum atomic E-state index is -0.0311. The lowest BCUT2D eigenvalue weighted by atomic mass is 10.1. The predicted molar refractivity (Wildman–Crippen MR) is 53.3 cm³/mol.